The predicted octanol–water partition coefficient (Wildman–Crippen LogP) is 4.11. The minimum atomic E-state index is -3.36. The molecule has 0 aliphatic heterocycles. The highest BCUT2D eigenvalue weighted by atomic mass is 35.5. The fraction of sp³-hybridized carbons (Fsp3) is 0.200. The maximum atomic E-state index is 14.4. The van der Waals surface area contributed by atoms with Gasteiger partial charge in [-0.3, -0.25) is 0 Å². The van der Waals surface area contributed by atoms with E-state index in [-0.39, 0.29) is 10.7 Å². The van der Waals surface area contributed by atoms with Gasteiger partial charge < -0.3 is 0 Å². The number of benzene rings is 2. The van der Waals surface area contributed by atoms with Crippen molar-refractivity contribution < 1.29 is 12.8 Å². The Morgan fingerprint density at radius 3 is 2.45 bits per heavy atom. The van der Waals surface area contributed by atoms with Gasteiger partial charge in [-0.25, -0.2) is 12.8 Å². The molecule has 0 saturated heterocycles. The van der Waals surface area contributed by atoms with Crippen molar-refractivity contribution in [3.05, 3.63) is 52.8 Å². The van der Waals surface area contributed by atoms with E-state index in [1.165, 1.54) is 18.2 Å². The van der Waals surface area contributed by atoms with Crippen molar-refractivity contribution in [3.63, 3.8) is 0 Å². The summed E-state index contributed by atoms with van der Waals surface area (Å²) in [6.07, 6.45) is 1.67. The average Bonchev–Trinajstić information content (AvgIpc) is 2.38. The van der Waals surface area contributed by atoms with Crippen LogP contribution in [0.4, 0.5) is 4.39 Å². The molecule has 0 aliphatic rings. The first-order valence-electron chi connectivity index (χ1n) is 6.12. The Morgan fingerprint density at radius 1 is 1.15 bits per heavy atom. The Hall–Kier alpha value is -1.39. The standard InChI is InChI=1S/C15H14ClFO2S/c1-3-10-5-4-6-12(15(10)17)13-9-11(20(2,18)19)7-8-14(13)16/h4-9H,3H2,1-2H3. The molecule has 0 amide bonds. The van der Waals surface area contributed by atoms with Gasteiger partial charge >= 0.3 is 0 Å². The van der Waals surface area contributed by atoms with Crippen LogP contribution in [-0.4, -0.2) is 14.7 Å². The Morgan fingerprint density at radius 2 is 1.85 bits per heavy atom. The highest BCUT2D eigenvalue weighted by Gasteiger charge is 2.15. The van der Waals surface area contributed by atoms with E-state index in [4.69, 9.17) is 11.6 Å². The zero-order chi connectivity index (χ0) is 14.9. The largest absolute Gasteiger partial charge is 0.224 e. The summed E-state index contributed by atoms with van der Waals surface area (Å²) >= 11 is 6.09. The zero-order valence-electron chi connectivity index (χ0n) is 11.2. The molecule has 20 heavy (non-hydrogen) atoms. The second-order valence-electron chi connectivity index (χ2n) is 4.55. The fourth-order valence-corrected chi connectivity index (χ4v) is 2.87. The van der Waals surface area contributed by atoms with E-state index in [0.29, 0.717) is 28.1 Å². The molecular formula is C15H14ClFO2S. The number of aryl methyl sites for hydroxylation is 1. The molecule has 0 unspecified atom stereocenters. The lowest BCUT2D eigenvalue weighted by Crippen LogP contribution is -1.98. The summed E-state index contributed by atoms with van der Waals surface area (Å²) in [5.41, 5.74) is 1.28. The molecule has 0 fully saturated rings. The van der Waals surface area contributed by atoms with Crippen molar-refractivity contribution in [3.8, 4) is 11.1 Å². The van der Waals surface area contributed by atoms with Gasteiger partial charge in [0, 0.05) is 22.4 Å². The van der Waals surface area contributed by atoms with Crippen LogP contribution in [0, 0.1) is 5.82 Å². The summed E-state index contributed by atoms with van der Waals surface area (Å²) in [5, 5.41) is 0.324. The summed E-state index contributed by atoms with van der Waals surface area (Å²) in [7, 11) is -3.36. The number of sulfone groups is 1. The van der Waals surface area contributed by atoms with Gasteiger partial charge in [-0.15, -0.1) is 0 Å². The van der Waals surface area contributed by atoms with Gasteiger partial charge in [0.25, 0.3) is 0 Å². The van der Waals surface area contributed by atoms with E-state index in [0.717, 1.165) is 6.26 Å². The van der Waals surface area contributed by atoms with Crippen molar-refractivity contribution in [2.24, 2.45) is 0 Å². The molecular weight excluding hydrogens is 299 g/mol. The van der Waals surface area contributed by atoms with Crippen LogP contribution in [-0.2, 0) is 16.3 Å². The molecule has 0 atom stereocenters. The Balaban J connectivity index is 2.70. The molecule has 0 N–H and O–H groups in total. The van der Waals surface area contributed by atoms with E-state index in [2.05, 4.69) is 0 Å². The third-order valence-electron chi connectivity index (χ3n) is 3.12. The average molecular weight is 313 g/mol. The van der Waals surface area contributed by atoms with E-state index < -0.39 is 9.84 Å². The lowest BCUT2D eigenvalue weighted by Gasteiger charge is -2.10. The topological polar surface area (TPSA) is 34.1 Å². The second-order valence-corrected chi connectivity index (χ2v) is 6.97. The first kappa shape index (κ1) is 15.0. The molecule has 0 aromatic heterocycles. The van der Waals surface area contributed by atoms with Gasteiger partial charge in [0.05, 0.1) is 4.90 Å². The molecule has 5 heteroatoms. The number of hydrogen-bond donors (Lipinski definition) is 0. The van der Waals surface area contributed by atoms with E-state index in [9.17, 15) is 12.8 Å². The van der Waals surface area contributed by atoms with Crippen LogP contribution in [0.1, 0.15) is 12.5 Å². The minimum absolute atomic E-state index is 0.123. The minimum Gasteiger partial charge on any atom is -0.224 e. The summed E-state index contributed by atoms with van der Waals surface area (Å²) in [6.45, 7) is 1.86. The van der Waals surface area contributed by atoms with Crippen LogP contribution in [0.3, 0.4) is 0 Å². The summed E-state index contributed by atoms with van der Waals surface area (Å²) in [5.74, 6) is -0.359. The molecule has 0 aliphatic carbocycles. The maximum absolute atomic E-state index is 14.4. The van der Waals surface area contributed by atoms with Gasteiger partial charge in [0.1, 0.15) is 5.82 Å². The first-order valence-corrected chi connectivity index (χ1v) is 8.39. The smallest absolute Gasteiger partial charge is 0.175 e. The van der Waals surface area contributed by atoms with E-state index in [1.54, 1.807) is 18.2 Å². The van der Waals surface area contributed by atoms with Crippen molar-refractivity contribution in [1.82, 2.24) is 0 Å². The van der Waals surface area contributed by atoms with Gasteiger partial charge in [0.2, 0.25) is 0 Å². The summed E-state index contributed by atoms with van der Waals surface area (Å²) < 4.78 is 37.6. The lowest BCUT2D eigenvalue weighted by atomic mass is 10.0. The van der Waals surface area contributed by atoms with Crippen LogP contribution in [0.5, 0.6) is 0 Å². The van der Waals surface area contributed by atoms with Crippen molar-refractivity contribution in [2.75, 3.05) is 6.26 Å². The third-order valence-corrected chi connectivity index (χ3v) is 4.56. The molecule has 0 heterocycles. The molecule has 0 radical (unpaired) electrons. The quantitative estimate of drug-likeness (QED) is 0.854. The monoisotopic (exact) mass is 312 g/mol. The van der Waals surface area contributed by atoms with Crippen molar-refractivity contribution >= 4 is 21.4 Å². The van der Waals surface area contributed by atoms with Crippen molar-refractivity contribution in [2.45, 2.75) is 18.2 Å². The fourth-order valence-electron chi connectivity index (χ4n) is 2.00. The molecule has 2 aromatic carbocycles. The number of hydrogen-bond acceptors (Lipinski definition) is 2. The normalized spacial score (nSPS) is 11.6. The third kappa shape index (κ3) is 2.86. The second kappa shape index (κ2) is 5.54. The molecule has 2 rings (SSSR count). The van der Waals surface area contributed by atoms with E-state index >= 15 is 0 Å². The van der Waals surface area contributed by atoms with Crippen molar-refractivity contribution in [1.29, 1.82) is 0 Å². The van der Waals surface area contributed by atoms with Gasteiger partial charge in [-0.05, 0) is 30.2 Å². The van der Waals surface area contributed by atoms with Gasteiger partial charge in [-0.1, -0.05) is 36.7 Å². The SMILES string of the molecule is CCc1cccc(-c2cc(S(C)(=O)=O)ccc2Cl)c1F. The van der Waals surface area contributed by atoms with E-state index in [1.807, 2.05) is 6.92 Å². The molecule has 2 aromatic rings. The molecule has 2 nitrogen and oxygen atoms in total. The molecule has 106 valence electrons. The highest BCUT2D eigenvalue weighted by Crippen LogP contribution is 2.33. The lowest BCUT2D eigenvalue weighted by molar-refractivity contribution is 0.601. The predicted molar refractivity (Wildman–Crippen MR) is 79.3 cm³/mol. The molecule has 0 bridgehead atoms. The highest BCUT2D eigenvalue weighted by molar-refractivity contribution is 7.90. The van der Waals surface area contributed by atoms with Gasteiger partial charge in [0.15, 0.2) is 9.84 Å². The summed E-state index contributed by atoms with van der Waals surface area (Å²) in [4.78, 5) is 0.123. The Labute approximate surface area is 123 Å². The van der Waals surface area contributed by atoms with Crippen LogP contribution in [0.25, 0.3) is 11.1 Å². The van der Waals surface area contributed by atoms with Crippen LogP contribution >= 0.6 is 11.6 Å². The summed E-state index contributed by atoms with van der Waals surface area (Å²) in [6, 6.07) is 9.35. The van der Waals surface area contributed by atoms with Gasteiger partial charge in [-0.2, -0.15) is 0 Å². The van der Waals surface area contributed by atoms with Crippen LogP contribution in [0.15, 0.2) is 41.3 Å². The maximum Gasteiger partial charge on any atom is 0.175 e. The van der Waals surface area contributed by atoms with Crippen LogP contribution in [0.2, 0.25) is 5.02 Å². The number of rotatable bonds is 3. The Bertz CT molecular complexity index is 754. The molecule has 0 saturated carbocycles. The number of halogens is 2. The Kier molecular flexibility index (Phi) is 4.16. The zero-order valence-corrected chi connectivity index (χ0v) is 12.7. The van der Waals surface area contributed by atoms with Crippen LogP contribution < -0.4 is 0 Å². The molecule has 0 spiro atoms. The first-order chi connectivity index (χ1) is 9.34.